The fraction of sp³-hybridized carbons (Fsp3) is 0.370. The summed E-state index contributed by atoms with van der Waals surface area (Å²) >= 11 is 0. The van der Waals surface area contributed by atoms with Crippen molar-refractivity contribution in [3.05, 3.63) is 77.6 Å². The van der Waals surface area contributed by atoms with Crippen molar-refractivity contribution in [1.29, 1.82) is 0 Å². The minimum Gasteiger partial charge on any atom is -0.339 e. The third-order valence-corrected chi connectivity index (χ3v) is 6.25. The topological polar surface area (TPSA) is 33.1 Å². The number of hydrogen-bond donors (Lipinski definition) is 1. The maximum absolute atomic E-state index is 4.97. The first-order valence-electron chi connectivity index (χ1n) is 11.6. The highest BCUT2D eigenvalue weighted by atomic mass is 15.1. The van der Waals surface area contributed by atoms with Gasteiger partial charge in [0.2, 0.25) is 0 Å². The Labute approximate surface area is 185 Å². The van der Waals surface area contributed by atoms with Crippen molar-refractivity contribution < 1.29 is 0 Å². The van der Waals surface area contributed by atoms with E-state index in [0.717, 1.165) is 57.1 Å². The summed E-state index contributed by atoms with van der Waals surface area (Å²) in [6.07, 6.45) is 1.02. The average Bonchev–Trinajstić information content (AvgIpc) is 3.13. The zero-order valence-electron chi connectivity index (χ0n) is 19.1. The Hall–Kier alpha value is -2.69. The van der Waals surface area contributed by atoms with Crippen molar-refractivity contribution in [3.8, 4) is 0 Å². The maximum Gasteiger partial charge on any atom is 0.0707 e. The molecule has 0 saturated carbocycles. The molecular weight excluding hydrogens is 380 g/mol. The van der Waals surface area contributed by atoms with E-state index in [1.54, 1.807) is 0 Å². The summed E-state index contributed by atoms with van der Waals surface area (Å²) < 4.78 is 2.46. The van der Waals surface area contributed by atoms with Crippen LogP contribution in [0.3, 0.4) is 0 Å². The van der Waals surface area contributed by atoms with Gasteiger partial charge in [0.1, 0.15) is 0 Å². The fourth-order valence-electron chi connectivity index (χ4n) is 4.54. The highest BCUT2D eigenvalue weighted by molar-refractivity contribution is 6.08. The van der Waals surface area contributed by atoms with Crippen LogP contribution in [0, 0.1) is 6.92 Å². The van der Waals surface area contributed by atoms with Crippen molar-refractivity contribution in [2.24, 2.45) is 0 Å². The molecule has 2 heterocycles. The summed E-state index contributed by atoms with van der Waals surface area (Å²) in [7, 11) is 0. The monoisotopic (exact) mass is 414 g/mol. The van der Waals surface area contributed by atoms with Gasteiger partial charge in [-0.25, -0.2) is 0 Å². The number of rotatable bonds is 10. The van der Waals surface area contributed by atoms with Gasteiger partial charge in [-0.2, -0.15) is 0 Å². The second kappa shape index (κ2) is 10.1. The van der Waals surface area contributed by atoms with Gasteiger partial charge in [-0.15, -0.1) is 0 Å². The van der Waals surface area contributed by atoms with Crippen molar-refractivity contribution in [3.63, 3.8) is 0 Å². The van der Waals surface area contributed by atoms with Gasteiger partial charge in [0.05, 0.1) is 16.9 Å². The Morgan fingerprint density at radius 3 is 2.45 bits per heavy atom. The number of likely N-dealkylation sites (N-methyl/N-ethyl adjacent to an activating group) is 1. The summed E-state index contributed by atoms with van der Waals surface area (Å²) in [6.45, 7) is 12.6. The van der Waals surface area contributed by atoms with Crippen molar-refractivity contribution in [1.82, 2.24) is 19.8 Å². The summed E-state index contributed by atoms with van der Waals surface area (Å²) in [4.78, 5) is 7.41. The fourth-order valence-corrected chi connectivity index (χ4v) is 4.54. The summed E-state index contributed by atoms with van der Waals surface area (Å²) in [5.41, 5.74) is 6.17. The van der Waals surface area contributed by atoms with Gasteiger partial charge in [-0.05, 0) is 44.1 Å². The molecule has 0 saturated heterocycles. The molecule has 0 aliphatic rings. The summed E-state index contributed by atoms with van der Waals surface area (Å²) in [5, 5.41) is 6.22. The Morgan fingerprint density at radius 2 is 1.68 bits per heavy atom. The van der Waals surface area contributed by atoms with Gasteiger partial charge in [-0.1, -0.05) is 62.4 Å². The second-order valence-corrected chi connectivity index (χ2v) is 8.20. The standard InChI is InChI=1S/C27H34N4/c1-4-30(5-2)18-16-28-20-23-19-25-24-13-9-10-14-26(24)31(27(25)21(3)29-23)17-15-22-11-7-6-8-12-22/h6-14,19,28H,4-5,15-18,20H2,1-3H3. The van der Waals surface area contributed by atoms with E-state index in [0.29, 0.717) is 0 Å². The number of nitrogens with zero attached hydrogens (tertiary/aromatic N) is 3. The number of pyridine rings is 1. The average molecular weight is 415 g/mol. The molecule has 0 spiro atoms. The summed E-state index contributed by atoms with van der Waals surface area (Å²) in [6, 6.07) is 21.8. The number of nitrogens with one attached hydrogen (secondary N) is 1. The van der Waals surface area contributed by atoms with Crippen molar-refractivity contribution >= 4 is 21.8 Å². The highest BCUT2D eigenvalue weighted by Crippen LogP contribution is 2.31. The molecule has 0 bridgehead atoms. The minimum atomic E-state index is 0.807. The molecular formula is C27H34N4. The molecule has 2 aromatic carbocycles. The lowest BCUT2D eigenvalue weighted by Crippen LogP contribution is -2.31. The number of fused-ring (bicyclic) bond motifs is 3. The molecule has 0 amide bonds. The van der Waals surface area contributed by atoms with Crippen LogP contribution in [0.4, 0.5) is 0 Å². The molecule has 31 heavy (non-hydrogen) atoms. The molecule has 4 rings (SSSR count). The lowest BCUT2D eigenvalue weighted by molar-refractivity contribution is 0.302. The van der Waals surface area contributed by atoms with E-state index in [9.17, 15) is 0 Å². The van der Waals surface area contributed by atoms with Crippen LogP contribution in [0.5, 0.6) is 0 Å². The number of aryl methyl sites for hydroxylation is 3. The van der Waals surface area contributed by atoms with E-state index in [-0.39, 0.29) is 0 Å². The Balaban J connectivity index is 1.60. The van der Waals surface area contributed by atoms with E-state index in [4.69, 9.17) is 4.98 Å². The maximum atomic E-state index is 4.97. The third-order valence-electron chi connectivity index (χ3n) is 6.25. The smallest absolute Gasteiger partial charge is 0.0707 e. The van der Waals surface area contributed by atoms with E-state index in [2.05, 4.69) is 96.2 Å². The van der Waals surface area contributed by atoms with Crippen LogP contribution in [0.1, 0.15) is 30.8 Å². The number of hydrogen-bond acceptors (Lipinski definition) is 3. The van der Waals surface area contributed by atoms with Crippen LogP contribution >= 0.6 is 0 Å². The van der Waals surface area contributed by atoms with Crippen LogP contribution in [-0.4, -0.2) is 40.6 Å². The molecule has 0 radical (unpaired) electrons. The first-order chi connectivity index (χ1) is 15.2. The Bertz CT molecular complexity index is 1130. The molecule has 4 nitrogen and oxygen atoms in total. The Morgan fingerprint density at radius 1 is 0.935 bits per heavy atom. The lowest BCUT2D eigenvalue weighted by atomic mass is 10.1. The molecule has 4 aromatic rings. The summed E-state index contributed by atoms with van der Waals surface area (Å²) in [5.74, 6) is 0. The normalized spacial score (nSPS) is 11.7. The predicted octanol–water partition coefficient (Wildman–Crippen LogP) is 5.17. The Kier molecular flexibility index (Phi) is 7.00. The minimum absolute atomic E-state index is 0.807. The first-order valence-corrected chi connectivity index (χ1v) is 11.6. The largest absolute Gasteiger partial charge is 0.339 e. The quantitative estimate of drug-likeness (QED) is 0.363. The highest BCUT2D eigenvalue weighted by Gasteiger charge is 2.14. The zero-order chi connectivity index (χ0) is 21.6. The predicted molar refractivity (Wildman–Crippen MR) is 132 cm³/mol. The molecule has 0 unspecified atom stereocenters. The van der Waals surface area contributed by atoms with Gasteiger partial charge in [-0.3, -0.25) is 4.98 Å². The van der Waals surface area contributed by atoms with E-state index < -0.39 is 0 Å². The van der Waals surface area contributed by atoms with Crippen LogP contribution < -0.4 is 5.32 Å². The van der Waals surface area contributed by atoms with E-state index in [1.807, 2.05) is 0 Å². The SMILES string of the molecule is CCN(CC)CCNCc1cc2c3ccccc3n(CCc3ccccc3)c2c(C)n1. The van der Waals surface area contributed by atoms with Crippen LogP contribution in [0.15, 0.2) is 60.7 Å². The number of benzene rings is 2. The van der Waals surface area contributed by atoms with Crippen LogP contribution in [0.25, 0.3) is 21.8 Å². The number of para-hydroxylation sites is 1. The van der Waals surface area contributed by atoms with Crippen molar-refractivity contribution in [2.45, 2.75) is 40.3 Å². The van der Waals surface area contributed by atoms with Gasteiger partial charge >= 0.3 is 0 Å². The molecule has 2 aromatic heterocycles. The molecule has 4 heteroatoms. The van der Waals surface area contributed by atoms with Crippen molar-refractivity contribution in [2.75, 3.05) is 26.2 Å². The van der Waals surface area contributed by atoms with E-state index in [1.165, 1.54) is 27.4 Å². The van der Waals surface area contributed by atoms with Crippen LogP contribution in [0.2, 0.25) is 0 Å². The van der Waals surface area contributed by atoms with Crippen LogP contribution in [-0.2, 0) is 19.5 Å². The lowest BCUT2D eigenvalue weighted by Gasteiger charge is -2.18. The van der Waals surface area contributed by atoms with E-state index >= 15 is 0 Å². The zero-order valence-corrected chi connectivity index (χ0v) is 19.1. The number of aromatic nitrogens is 2. The molecule has 0 atom stereocenters. The van der Waals surface area contributed by atoms with Gasteiger partial charge in [0.15, 0.2) is 0 Å². The second-order valence-electron chi connectivity index (χ2n) is 8.20. The molecule has 162 valence electrons. The van der Waals surface area contributed by atoms with Gasteiger partial charge in [0, 0.05) is 42.5 Å². The van der Waals surface area contributed by atoms with Gasteiger partial charge < -0.3 is 14.8 Å². The molecule has 0 aliphatic carbocycles. The first kappa shape index (κ1) is 21.5. The van der Waals surface area contributed by atoms with Gasteiger partial charge in [0.25, 0.3) is 0 Å². The molecule has 0 fully saturated rings. The molecule has 1 N–H and O–H groups in total. The molecule has 0 aliphatic heterocycles. The third kappa shape index (κ3) is 4.81.